The molecule has 1 aromatic carbocycles. The van der Waals surface area contributed by atoms with Crippen LogP contribution in [0.4, 0.5) is 10.5 Å². The van der Waals surface area contributed by atoms with Crippen molar-refractivity contribution in [1.82, 2.24) is 5.32 Å². The molecule has 0 saturated carbocycles. The molecule has 1 rings (SSSR count). The van der Waals surface area contributed by atoms with Crippen LogP contribution in [0.25, 0.3) is 0 Å². The number of anilines is 1. The number of hydrogen-bond acceptors (Lipinski definition) is 3. The fourth-order valence-electron chi connectivity index (χ4n) is 1.32. The summed E-state index contributed by atoms with van der Waals surface area (Å²) < 4.78 is 5.04. The van der Waals surface area contributed by atoms with Crippen LogP contribution in [0.5, 0.6) is 5.75 Å². The summed E-state index contributed by atoms with van der Waals surface area (Å²) in [4.78, 5) is 22.1. The first-order chi connectivity index (χ1) is 8.43. The highest BCUT2D eigenvalue weighted by Gasteiger charge is 2.14. The van der Waals surface area contributed by atoms with E-state index in [1.807, 2.05) is 6.92 Å². The van der Waals surface area contributed by atoms with Gasteiger partial charge in [0.05, 0.1) is 7.11 Å². The van der Waals surface area contributed by atoms with Crippen LogP contribution in [0.1, 0.15) is 12.5 Å². The average molecular weight is 252 g/mol. The number of hydrogen-bond donors (Lipinski definition) is 3. The third kappa shape index (κ3) is 3.65. The second kappa shape index (κ2) is 5.90. The Balaban J connectivity index is 2.67. The number of urea groups is 1. The van der Waals surface area contributed by atoms with Gasteiger partial charge in [-0.3, -0.25) is 4.79 Å². The Morgan fingerprint density at radius 3 is 2.56 bits per heavy atom. The second-order valence-corrected chi connectivity index (χ2v) is 3.84. The van der Waals surface area contributed by atoms with Crippen LogP contribution in [-0.2, 0) is 4.79 Å². The van der Waals surface area contributed by atoms with Crippen molar-refractivity contribution in [3.05, 3.63) is 23.8 Å². The second-order valence-electron chi connectivity index (χ2n) is 3.84. The Hall–Kier alpha value is -2.24. The van der Waals surface area contributed by atoms with Crippen LogP contribution >= 0.6 is 0 Å². The Labute approximate surface area is 105 Å². The van der Waals surface area contributed by atoms with Gasteiger partial charge in [0.25, 0.3) is 0 Å². The van der Waals surface area contributed by atoms with Gasteiger partial charge in [-0.1, -0.05) is 0 Å². The molecule has 0 aliphatic carbocycles. The molecule has 18 heavy (non-hydrogen) atoms. The Morgan fingerprint density at radius 1 is 1.39 bits per heavy atom. The molecule has 1 aromatic rings. The summed E-state index contributed by atoms with van der Waals surface area (Å²) >= 11 is 0. The van der Waals surface area contributed by atoms with E-state index in [4.69, 9.17) is 9.84 Å². The smallest absolute Gasteiger partial charge is 0.325 e. The Kier molecular flexibility index (Phi) is 4.53. The topological polar surface area (TPSA) is 87.7 Å². The number of ether oxygens (including phenoxy) is 1. The van der Waals surface area contributed by atoms with Crippen molar-refractivity contribution in [1.29, 1.82) is 0 Å². The standard InChI is InChI=1S/C12H16N2O4/c1-7-6-9(18-3)4-5-10(7)14-12(17)13-8(2)11(15)16/h4-6,8H,1-3H3,(H,15,16)(H2,13,14,17)/t8-/m0/s1. The van der Waals surface area contributed by atoms with Gasteiger partial charge in [-0.05, 0) is 37.6 Å². The maximum Gasteiger partial charge on any atom is 0.325 e. The van der Waals surface area contributed by atoms with Crippen molar-refractivity contribution in [2.45, 2.75) is 19.9 Å². The lowest BCUT2D eigenvalue weighted by atomic mass is 10.2. The predicted octanol–water partition coefficient (Wildman–Crippen LogP) is 1.60. The number of carboxylic acid groups (broad SMARTS) is 1. The van der Waals surface area contributed by atoms with Crippen LogP contribution in [0.3, 0.4) is 0 Å². The molecule has 0 heterocycles. The van der Waals surface area contributed by atoms with Gasteiger partial charge in [0.1, 0.15) is 11.8 Å². The largest absolute Gasteiger partial charge is 0.497 e. The molecule has 0 aliphatic heterocycles. The summed E-state index contributed by atoms with van der Waals surface area (Å²) in [5.41, 5.74) is 1.43. The molecule has 0 spiro atoms. The number of methoxy groups -OCH3 is 1. The molecule has 6 heteroatoms. The Bertz CT molecular complexity index is 459. The minimum atomic E-state index is -1.09. The highest BCUT2D eigenvalue weighted by molar-refractivity contribution is 5.92. The molecule has 0 fully saturated rings. The van der Waals surface area contributed by atoms with Gasteiger partial charge in [0.2, 0.25) is 0 Å². The summed E-state index contributed by atoms with van der Waals surface area (Å²) in [7, 11) is 1.56. The van der Waals surface area contributed by atoms with Crippen molar-refractivity contribution in [3.63, 3.8) is 0 Å². The SMILES string of the molecule is COc1ccc(NC(=O)N[C@@H](C)C(=O)O)c(C)c1. The van der Waals surface area contributed by atoms with E-state index in [9.17, 15) is 9.59 Å². The lowest BCUT2D eigenvalue weighted by Gasteiger charge is -2.13. The highest BCUT2D eigenvalue weighted by Crippen LogP contribution is 2.20. The highest BCUT2D eigenvalue weighted by atomic mass is 16.5. The lowest BCUT2D eigenvalue weighted by Crippen LogP contribution is -2.40. The Morgan fingerprint density at radius 2 is 2.06 bits per heavy atom. The van der Waals surface area contributed by atoms with Gasteiger partial charge < -0.3 is 20.5 Å². The number of carboxylic acids is 1. The number of nitrogens with one attached hydrogen (secondary N) is 2. The summed E-state index contributed by atoms with van der Waals surface area (Å²) in [6, 6.07) is 3.68. The molecule has 1 atom stereocenters. The predicted molar refractivity (Wildman–Crippen MR) is 67.0 cm³/mol. The van der Waals surface area contributed by atoms with Crippen LogP contribution < -0.4 is 15.4 Å². The molecule has 98 valence electrons. The van der Waals surface area contributed by atoms with E-state index in [1.54, 1.807) is 25.3 Å². The van der Waals surface area contributed by atoms with Gasteiger partial charge in [-0.25, -0.2) is 4.79 Å². The number of aryl methyl sites for hydroxylation is 1. The van der Waals surface area contributed by atoms with Crippen molar-refractivity contribution in [2.24, 2.45) is 0 Å². The third-order valence-electron chi connectivity index (χ3n) is 2.40. The van der Waals surface area contributed by atoms with E-state index < -0.39 is 18.0 Å². The van der Waals surface area contributed by atoms with E-state index in [-0.39, 0.29) is 0 Å². The summed E-state index contributed by atoms with van der Waals surface area (Å²) in [6.45, 7) is 3.21. The maximum atomic E-state index is 11.5. The van der Waals surface area contributed by atoms with E-state index in [0.29, 0.717) is 11.4 Å². The van der Waals surface area contributed by atoms with Crippen molar-refractivity contribution in [3.8, 4) is 5.75 Å². The van der Waals surface area contributed by atoms with Crippen LogP contribution in [0.15, 0.2) is 18.2 Å². The van der Waals surface area contributed by atoms with E-state index >= 15 is 0 Å². The average Bonchev–Trinajstić information content (AvgIpc) is 2.31. The van der Waals surface area contributed by atoms with Crippen LogP contribution in [0.2, 0.25) is 0 Å². The summed E-state index contributed by atoms with van der Waals surface area (Å²) in [5.74, 6) is -0.394. The summed E-state index contributed by atoms with van der Waals surface area (Å²) in [5, 5.41) is 13.5. The monoisotopic (exact) mass is 252 g/mol. The molecule has 6 nitrogen and oxygen atoms in total. The number of rotatable bonds is 4. The van der Waals surface area contributed by atoms with E-state index in [1.165, 1.54) is 6.92 Å². The van der Waals surface area contributed by atoms with E-state index in [2.05, 4.69) is 10.6 Å². The van der Waals surface area contributed by atoms with Crippen molar-refractivity contribution < 1.29 is 19.4 Å². The number of amides is 2. The van der Waals surface area contributed by atoms with Crippen LogP contribution in [-0.4, -0.2) is 30.3 Å². The van der Waals surface area contributed by atoms with Gasteiger partial charge >= 0.3 is 12.0 Å². The molecule has 3 N–H and O–H groups in total. The number of benzene rings is 1. The summed E-state index contributed by atoms with van der Waals surface area (Å²) in [6.07, 6.45) is 0. The van der Waals surface area contributed by atoms with Crippen LogP contribution in [0, 0.1) is 6.92 Å². The number of carbonyl (C=O) groups excluding carboxylic acids is 1. The fourth-order valence-corrected chi connectivity index (χ4v) is 1.32. The molecule has 0 radical (unpaired) electrons. The number of aliphatic carboxylic acids is 1. The van der Waals surface area contributed by atoms with Crippen molar-refractivity contribution >= 4 is 17.7 Å². The first kappa shape index (κ1) is 13.8. The zero-order valence-corrected chi connectivity index (χ0v) is 10.5. The molecule has 0 aliphatic rings. The molecule has 0 saturated heterocycles. The van der Waals surface area contributed by atoms with Gasteiger partial charge in [-0.15, -0.1) is 0 Å². The maximum absolute atomic E-state index is 11.5. The normalized spacial score (nSPS) is 11.5. The number of carbonyl (C=O) groups is 2. The molecular weight excluding hydrogens is 236 g/mol. The minimum Gasteiger partial charge on any atom is -0.497 e. The molecule has 0 bridgehead atoms. The zero-order chi connectivity index (χ0) is 13.7. The molecule has 0 unspecified atom stereocenters. The first-order valence-corrected chi connectivity index (χ1v) is 5.39. The minimum absolute atomic E-state index is 0.557. The quantitative estimate of drug-likeness (QED) is 0.759. The van der Waals surface area contributed by atoms with Crippen molar-refractivity contribution in [2.75, 3.05) is 12.4 Å². The van der Waals surface area contributed by atoms with E-state index in [0.717, 1.165) is 5.56 Å². The van der Waals surface area contributed by atoms with Gasteiger partial charge in [0, 0.05) is 5.69 Å². The molecule has 0 aromatic heterocycles. The van der Waals surface area contributed by atoms with Gasteiger partial charge in [0.15, 0.2) is 0 Å². The fraction of sp³-hybridized carbons (Fsp3) is 0.333. The first-order valence-electron chi connectivity index (χ1n) is 5.39. The van der Waals surface area contributed by atoms with Gasteiger partial charge in [-0.2, -0.15) is 0 Å². The zero-order valence-electron chi connectivity index (χ0n) is 10.5. The third-order valence-corrected chi connectivity index (χ3v) is 2.40. The molecular formula is C12H16N2O4. The lowest BCUT2D eigenvalue weighted by molar-refractivity contribution is -0.138. The molecule has 2 amide bonds.